The Morgan fingerprint density at radius 3 is 2.61 bits per heavy atom. The molecule has 0 radical (unpaired) electrons. The predicted molar refractivity (Wildman–Crippen MR) is 104 cm³/mol. The summed E-state index contributed by atoms with van der Waals surface area (Å²) in [4.78, 5) is 30.3. The van der Waals surface area contributed by atoms with Gasteiger partial charge in [0.05, 0.1) is 5.39 Å². The maximum atomic E-state index is 14.9. The van der Waals surface area contributed by atoms with Gasteiger partial charge in [-0.1, -0.05) is 11.1 Å². The number of pyridine rings is 2. The molecule has 0 unspecified atom stereocenters. The first-order valence-corrected chi connectivity index (χ1v) is 9.52. The summed E-state index contributed by atoms with van der Waals surface area (Å²) in [6, 6.07) is 1.25. The third-order valence-electron chi connectivity index (χ3n) is 5.69. The Morgan fingerprint density at radius 1 is 1.36 bits per heavy atom. The highest BCUT2D eigenvalue weighted by atomic mass is 19.1. The van der Waals surface area contributed by atoms with Gasteiger partial charge >= 0.3 is 5.97 Å². The Labute approximate surface area is 161 Å². The van der Waals surface area contributed by atoms with E-state index in [2.05, 4.69) is 4.98 Å². The lowest BCUT2D eigenvalue weighted by Crippen LogP contribution is -2.33. The Bertz CT molecular complexity index is 1050. The van der Waals surface area contributed by atoms with Crippen molar-refractivity contribution in [3.63, 3.8) is 0 Å². The average molecular weight is 386 g/mol. The monoisotopic (exact) mass is 386 g/mol. The van der Waals surface area contributed by atoms with E-state index >= 15 is 0 Å². The summed E-state index contributed by atoms with van der Waals surface area (Å²) in [6.45, 7) is 3.80. The number of fused-ring (bicyclic) bond motifs is 1. The van der Waals surface area contributed by atoms with Gasteiger partial charge in [-0.15, -0.1) is 0 Å². The number of nitrogens with two attached hydrogens (primary N) is 1. The molecule has 1 saturated heterocycles. The van der Waals surface area contributed by atoms with E-state index in [-0.39, 0.29) is 22.8 Å². The van der Waals surface area contributed by atoms with Crippen molar-refractivity contribution in [2.45, 2.75) is 38.6 Å². The van der Waals surface area contributed by atoms with Crippen molar-refractivity contribution in [1.29, 1.82) is 0 Å². The molecule has 7 nitrogen and oxygen atoms in total. The number of hydrogen-bond acceptors (Lipinski definition) is 5. The van der Waals surface area contributed by atoms with E-state index in [1.807, 2.05) is 11.8 Å². The van der Waals surface area contributed by atoms with Crippen molar-refractivity contribution in [2.75, 3.05) is 24.5 Å². The lowest BCUT2D eigenvalue weighted by atomic mass is 9.98. The van der Waals surface area contributed by atoms with E-state index in [1.165, 1.54) is 17.3 Å². The number of halogens is 1. The van der Waals surface area contributed by atoms with E-state index in [9.17, 15) is 19.1 Å². The van der Waals surface area contributed by atoms with Crippen LogP contribution in [-0.2, 0) is 0 Å². The molecule has 1 aliphatic heterocycles. The number of anilines is 1. The summed E-state index contributed by atoms with van der Waals surface area (Å²) >= 11 is 0. The first-order valence-electron chi connectivity index (χ1n) is 9.52. The molecule has 0 amide bonds. The number of aromatic carboxylic acids is 1. The molecule has 3 heterocycles. The second-order valence-corrected chi connectivity index (χ2v) is 7.56. The van der Waals surface area contributed by atoms with Crippen molar-refractivity contribution in [3.05, 3.63) is 45.0 Å². The summed E-state index contributed by atoms with van der Waals surface area (Å²) in [7, 11) is 0. The van der Waals surface area contributed by atoms with E-state index in [4.69, 9.17) is 5.73 Å². The molecule has 0 spiro atoms. The van der Waals surface area contributed by atoms with Crippen LogP contribution in [-0.4, -0.2) is 40.3 Å². The van der Waals surface area contributed by atoms with Crippen LogP contribution in [0.4, 0.5) is 10.2 Å². The van der Waals surface area contributed by atoms with Crippen LogP contribution in [0.1, 0.15) is 49.0 Å². The summed E-state index contributed by atoms with van der Waals surface area (Å²) in [5.74, 6) is -1.69. The number of nitrogens with zero attached hydrogens (tertiary/aromatic N) is 3. The van der Waals surface area contributed by atoms with Gasteiger partial charge in [0, 0.05) is 31.9 Å². The Kier molecular flexibility index (Phi) is 4.66. The fourth-order valence-electron chi connectivity index (χ4n) is 3.80. The molecule has 0 aromatic carbocycles. The zero-order valence-corrected chi connectivity index (χ0v) is 15.7. The third-order valence-corrected chi connectivity index (χ3v) is 5.69. The van der Waals surface area contributed by atoms with Crippen molar-refractivity contribution in [2.24, 2.45) is 5.73 Å². The zero-order valence-electron chi connectivity index (χ0n) is 15.7. The Morgan fingerprint density at radius 2 is 2.04 bits per heavy atom. The highest BCUT2D eigenvalue weighted by Gasteiger charge is 2.29. The third kappa shape index (κ3) is 3.17. The van der Waals surface area contributed by atoms with Gasteiger partial charge in [-0.05, 0) is 38.7 Å². The molecule has 8 heteroatoms. The van der Waals surface area contributed by atoms with Crippen molar-refractivity contribution in [3.8, 4) is 0 Å². The van der Waals surface area contributed by atoms with Gasteiger partial charge in [-0.2, -0.15) is 0 Å². The van der Waals surface area contributed by atoms with Gasteiger partial charge in [0.2, 0.25) is 5.43 Å². The molecule has 3 N–H and O–H groups in total. The van der Waals surface area contributed by atoms with Crippen molar-refractivity contribution < 1.29 is 14.3 Å². The molecule has 1 saturated carbocycles. The average Bonchev–Trinajstić information content (AvgIpc) is 3.52. The smallest absolute Gasteiger partial charge is 0.341 e. The van der Waals surface area contributed by atoms with Crippen LogP contribution in [0, 0.1) is 5.82 Å². The number of carbonyl (C=O) groups is 1. The van der Waals surface area contributed by atoms with Crippen LogP contribution in [0.25, 0.3) is 11.0 Å². The SMILES string of the molecule is CC(CN)=C1CCN(c2nc3c(cc2F)c(=O)c(C(=O)O)cn3C2CC2)CC1. The minimum absolute atomic E-state index is 0.0182. The molecule has 2 aromatic rings. The topological polar surface area (TPSA) is 101 Å². The van der Waals surface area contributed by atoms with Crippen LogP contribution < -0.4 is 16.1 Å². The number of rotatable bonds is 4. The van der Waals surface area contributed by atoms with Gasteiger partial charge in [-0.25, -0.2) is 14.2 Å². The summed E-state index contributed by atoms with van der Waals surface area (Å²) in [6.07, 6.45) is 4.73. The number of carboxylic acid groups (broad SMARTS) is 1. The van der Waals surface area contributed by atoms with E-state index in [1.54, 1.807) is 4.57 Å². The first-order chi connectivity index (χ1) is 13.4. The van der Waals surface area contributed by atoms with Crippen LogP contribution in [0.3, 0.4) is 0 Å². The second-order valence-electron chi connectivity index (χ2n) is 7.56. The molecule has 2 fully saturated rings. The predicted octanol–water partition coefficient (Wildman–Crippen LogP) is 2.44. The quantitative estimate of drug-likeness (QED) is 0.783. The van der Waals surface area contributed by atoms with Gasteiger partial charge in [0.15, 0.2) is 11.6 Å². The number of piperidine rings is 1. The van der Waals surface area contributed by atoms with E-state index < -0.39 is 17.2 Å². The normalized spacial score (nSPS) is 17.2. The molecule has 28 heavy (non-hydrogen) atoms. The van der Waals surface area contributed by atoms with Gasteiger partial charge in [-0.3, -0.25) is 4.79 Å². The highest BCUT2D eigenvalue weighted by molar-refractivity contribution is 5.92. The lowest BCUT2D eigenvalue weighted by Gasteiger charge is -2.31. The molecule has 1 aliphatic carbocycles. The highest BCUT2D eigenvalue weighted by Crippen LogP contribution is 2.37. The van der Waals surface area contributed by atoms with Crippen LogP contribution in [0.5, 0.6) is 0 Å². The van der Waals surface area contributed by atoms with Crippen LogP contribution >= 0.6 is 0 Å². The second kappa shape index (κ2) is 7.01. The van der Waals surface area contributed by atoms with Crippen LogP contribution in [0.2, 0.25) is 0 Å². The molecule has 4 rings (SSSR count). The zero-order chi connectivity index (χ0) is 20.0. The van der Waals surface area contributed by atoms with Gasteiger partial charge in [0.1, 0.15) is 11.2 Å². The molecule has 148 valence electrons. The van der Waals surface area contributed by atoms with E-state index in [0.717, 1.165) is 31.7 Å². The molecular weight excluding hydrogens is 363 g/mol. The molecule has 2 aromatic heterocycles. The maximum Gasteiger partial charge on any atom is 0.341 e. The number of aromatic nitrogens is 2. The van der Waals surface area contributed by atoms with Crippen molar-refractivity contribution >= 4 is 22.8 Å². The number of carboxylic acids is 1. The minimum atomic E-state index is -1.31. The Balaban J connectivity index is 1.79. The standard InChI is InChI=1S/C20H23FN4O3/c1-11(9-22)12-4-6-24(7-5-12)19-16(21)8-14-17(26)15(20(27)28)10-25(13-2-3-13)18(14)23-19/h8,10,13H,2-7,9,22H2,1H3,(H,27,28). The fourth-order valence-corrected chi connectivity index (χ4v) is 3.80. The summed E-state index contributed by atoms with van der Waals surface area (Å²) < 4.78 is 16.6. The van der Waals surface area contributed by atoms with E-state index in [0.29, 0.717) is 25.3 Å². The molecular formula is C20H23FN4O3. The first kappa shape index (κ1) is 18.6. The Hall–Kier alpha value is -2.74. The minimum Gasteiger partial charge on any atom is -0.477 e. The molecule has 2 aliphatic rings. The summed E-state index contributed by atoms with van der Waals surface area (Å²) in [5.41, 5.74) is 7.51. The molecule has 0 atom stereocenters. The van der Waals surface area contributed by atoms with Crippen molar-refractivity contribution in [1.82, 2.24) is 9.55 Å². The maximum absolute atomic E-state index is 14.9. The lowest BCUT2D eigenvalue weighted by molar-refractivity contribution is 0.0695. The molecule has 0 bridgehead atoms. The van der Waals surface area contributed by atoms with Gasteiger partial charge in [0.25, 0.3) is 0 Å². The van der Waals surface area contributed by atoms with Gasteiger partial charge < -0.3 is 20.3 Å². The largest absolute Gasteiger partial charge is 0.477 e. The fraction of sp³-hybridized carbons (Fsp3) is 0.450. The van der Waals surface area contributed by atoms with Crippen LogP contribution in [0.15, 0.2) is 28.2 Å². The summed E-state index contributed by atoms with van der Waals surface area (Å²) in [5, 5.41) is 9.34. The number of hydrogen-bond donors (Lipinski definition) is 2.